The summed E-state index contributed by atoms with van der Waals surface area (Å²) in [5.41, 5.74) is 2.62. The molecule has 0 aliphatic carbocycles. The number of hydrogen-bond acceptors (Lipinski definition) is 3. The van der Waals surface area contributed by atoms with Gasteiger partial charge in [-0.3, -0.25) is 4.90 Å². The van der Waals surface area contributed by atoms with Crippen LogP contribution in [0.25, 0.3) is 0 Å². The molecule has 1 aromatic carbocycles. The molecule has 0 fully saturated rings. The Hall–Kier alpha value is -1.71. The fourth-order valence-corrected chi connectivity index (χ4v) is 2.38. The fraction of sp³-hybridized carbons (Fsp3) is 0.533. The van der Waals surface area contributed by atoms with E-state index in [1.54, 1.807) is 12.0 Å². The third-order valence-corrected chi connectivity index (χ3v) is 3.17. The second-order valence-electron chi connectivity index (χ2n) is 5.78. The summed E-state index contributed by atoms with van der Waals surface area (Å²) < 4.78 is 10.8. The third kappa shape index (κ3) is 2.67. The minimum atomic E-state index is -0.480. The Balaban J connectivity index is 2.33. The molecule has 4 nitrogen and oxygen atoms in total. The number of anilines is 1. The predicted molar refractivity (Wildman–Crippen MR) is 75.0 cm³/mol. The van der Waals surface area contributed by atoms with Crippen LogP contribution in [0.2, 0.25) is 0 Å². The molecule has 1 amide bonds. The SMILES string of the molecule is COc1ccc2c(c1C)N(C(=O)OC(C)(C)C)CC2. The van der Waals surface area contributed by atoms with Gasteiger partial charge in [0, 0.05) is 12.1 Å². The molecule has 0 N–H and O–H groups in total. The monoisotopic (exact) mass is 263 g/mol. The van der Waals surface area contributed by atoms with Crippen LogP contribution in [-0.4, -0.2) is 25.3 Å². The number of nitrogens with zero attached hydrogens (tertiary/aromatic N) is 1. The predicted octanol–water partition coefficient (Wildman–Crippen LogP) is 3.30. The fourth-order valence-electron chi connectivity index (χ4n) is 2.38. The van der Waals surface area contributed by atoms with E-state index in [9.17, 15) is 4.79 Å². The average Bonchev–Trinajstić information content (AvgIpc) is 2.72. The molecule has 2 rings (SSSR count). The highest BCUT2D eigenvalue weighted by Gasteiger charge is 2.31. The lowest BCUT2D eigenvalue weighted by molar-refractivity contribution is 0.0584. The summed E-state index contributed by atoms with van der Waals surface area (Å²) in [5.74, 6) is 0.800. The lowest BCUT2D eigenvalue weighted by Gasteiger charge is -2.26. The maximum Gasteiger partial charge on any atom is 0.414 e. The number of rotatable bonds is 1. The highest BCUT2D eigenvalue weighted by molar-refractivity contribution is 5.92. The second kappa shape index (κ2) is 4.76. The minimum Gasteiger partial charge on any atom is -0.496 e. The van der Waals surface area contributed by atoms with Crippen molar-refractivity contribution < 1.29 is 14.3 Å². The van der Waals surface area contributed by atoms with Crippen molar-refractivity contribution in [1.29, 1.82) is 0 Å². The highest BCUT2D eigenvalue weighted by Crippen LogP contribution is 2.37. The molecular weight excluding hydrogens is 242 g/mol. The van der Waals surface area contributed by atoms with Gasteiger partial charge in [-0.15, -0.1) is 0 Å². The molecular formula is C15H21NO3. The van der Waals surface area contributed by atoms with Crippen LogP contribution in [0.4, 0.5) is 10.5 Å². The molecule has 0 atom stereocenters. The topological polar surface area (TPSA) is 38.8 Å². The molecule has 4 heteroatoms. The number of carbonyl (C=O) groups is 1. The highest BCUT2D eigenvalue weighted by atomic mass is 16.6. The lowest BCUT2D eigenvalue weighted by Crippen LogP contribution is -2.36. The van der Waals surface area contributed by atoms with Crippen molar-refractivity contribution in [3.05, 3.63) is 23.3 Å². The average molecular weight is 263 g/mol. The molecule has 0 radical (unpaired) electrons. The Morgan fingerprint density at radius 1 is 1.32 bits per heavy atom. The first-order valence-electron chi connectivity index (χ1n) is 6.50. The first-order valence-corrected chi connectivity index (χ1v) is 6.50. The minimum absolute atomic E-state index is 0.289. The second-order valence-corrected chi connectivity index (χ2v) is 5.78. The maximum atomic E-state index is 12.2. The lowest BCUT2D eigenvalue weighted by atomic mass is 10.1. The molecule has 0 unspecified atom stereocenters. The Kier molecular flexibility index (Phi) is 3.43. The van der Waals surface area contributed by atoms with E-state index in [-0.39, 0.29) is 6.09 Å². The van der Waals surface area contributed by atoms with Gasteiger partial charge in [0.1, 0.15) is 11.4 Å². The van der Waals surface area contributed by atoms with Crippen molar-refractivity contribution >= 4 is 11.8 Å². The number of amides is 1. The molecule has 19 heavy (non-hydrogen) atoms. The van der Waals surface area contributed by atoms with Crippen LogP contribution in [0.5, 0.6) is 5.75 Å². The Morgan fingerprint density at radius 2 is 2.00 bits per heavy atom. The zero-order chi connectivity index (χ0) is 14.2. The van der Waals surface area contributed by atoms with Crippen LogP contribution in [0.3, 0.4) is 0 Å². The van der Waals surface area contributed by atoms with Gasteiger partial charge >= 0.3 is 6.09 Å². The van der Waals surface area contributed by atoms with Crippen LogP contribution < -0.4 is 9.64 Å². The molecule has 104 valence electrons. The maximum absolute atomic E-state index is 12.2. The zero-order valence-corrected chi connectivity index (χ0v) is 12.2. The quantitative estimate of drug-likeness (QED) is 0.780. The van der Waals surface area contributed by atoms with E-state index < -0.39 is 5.60 Å². The Labute approximate surface area is 114 Å². The van der Waals surface area contributed by atoms with Gasteiger partial charge in [-0.1, -0.05) is 6.07 Å². The van der Waals surface area contributed by atoms with Crippen LogP contribution in [0.1, 0.15) is 31.9 Å². The summed E-state index contributed by atoms with van der Waals surface area (Å²) in [6, 6.07) is 3.97. The van der Waals surface area contributed by atoms with Gasteiger partial charge in [0.05, 0.1) is 12.8 Å². The van der Waals surface area contributed by atoms with E-state index in [1.165, 1.54) is 5.56 Å². The molecule has 0 bridgehead atoms. The van der Waals surface area contributed by atoms with Crippen molar-refractivity contribution in [1.82, 2.24) is 0 Å². The van der Waals surface area contributed by atoms with Gasteiger partial charge in [0.15, 0.2) is 0 Å². The molecule has 0 aromatic heterocycles. The number of benzene rings is 1. The van der Waals surface area contributed by atoms with Gasteiger partial charge in [-0.25, -0.2) is 4.79 Å². The van der Waals surface area contributed by atoms with E-state index in [0.29, 0.717) is 6.54 Å². The summed E-state index contributed by atoms with van der Waals surface area (Å²) in [6.45, 7) is 8.26. The van der Waals surface area contributed by atoms with Crippen molar-refractivity contribution in [3.63, 3.8) is 0 Å². The number of hydrogen-bond donors (Lipinski definition) is 0. The summed E-state index contributed by atoms with van der Waals surface area (Å²) in [7, 11) is 1.64. The standard InChI is InChI=1S/C15H21NO3/c1-10-12(18-5)7-6-11-8-9-16(13(10)11)14(17)19-15(2,3)4/h6-7H,8-9H2,1-5H3. The zero-order valence-electron chi connectivity index (χ0n) is 12.2. The molecule has 0 spiro atoms. The van der Waals surface area contributed by atoms with Gasteiger partial charge in [0.25, 0.3) is 0 Å². The molecule has 1 heterocycles. The molecule has 1 aliphatic heterocycles. The smallest absolute Gasteiger partial charge is 0.414 e. The van der Waals surface area contributed by atoms with Crippen molar-refractivity contribution in [2.75, 3.05) is 18.6 Å². The van der Waals surface area contributed by atoms with E-state index in [1.807, 2.05) is 39.8 Å². The first-order chi connectivity index (χ1) is 8.83. The van der Waals surface area contributed by atoms with E-state index in [0.717, 1.165) is 23.4 Å². The van der Waals surface area contributed by atoms with Gasteiger partial charge < -0.3 is 9.47 Å². The van der Waals surface area contributed by atoms with Crippen LogP contribution in [0, 0.1) is 6.92 Å². The summed E-state index contributed by atoms with van der Waals surface area (Å²) in [5, 5.41) is 0. The van der Waals surface area contributed by atoms with Crippen molar-refractivity contribution in [3.8, 4) is 5.75 Å². The molecule has 0 saturated heterocycles. The van der Waals surface area contributed by atoms with Gasteiger partial charge in [0.2, 0.25) is 0 Å². The molecule has 0 saturated carbocycles. The Morgan fingerprint density at radius 3 is 2.58 bits per heavy atom. The number of fused-ring (bicyclic) bond motifs is 1. The van der Waals surface area contributed by atoms with Gasteiger partial charge in [-0.05, 0) is 45.7 Å². The van der Waals surface area contributed by atoms with Crippen LogP contribution in [0.15, 0.2) is 12.1 Å². The first kappa shape index (κ1) is 13.7. The van der Waals surface area contributed by atoms with Gasteiger partial charge in [-0.2, -0.15) is 0 Å². The van der Waals surface area contributed by atoms with Crippen LogP contribution >= 0.6 is 0 Å². The number of methoxy groups -OCH3 is 1. The summed E-state index contributed by atoms with van der Waals surface area (Å²) >= 11 is 0. The normalized spacial score (nSPS) is 14.3. The van der Waals surface area contributed by atoms with Crippen molar-refractivity contribution in [2.24, 2.45) is 0 Å². The van der Waals surface area contributed by atoms with E-state index in [4.69, 9.17) is 9.47 Å². The van der Waals surface area contributed by atoms with Crippen LogP contribution in [-0.2, 0) is 11.2 Å². The summed E-state index contributed by atoms with van der Waals surface area (Å²) in [6.07, 6.45) is 0.571. The largest absolute Gasteiger partial charge is 0.496 e. The molecule has 1 aromatic rings. The van der Waals surface area contributed by atoms with E-state index >= 15 is 0 Å². The van der Waals surface area contributed by atoms with E-state index in [2.05, 4.69) is 0 Å². The van der Waals surface area contributed by atoms with Crippen molar-refractivity contribution in [2.45, 2.75) is 39.7 Å². The summed E-state index contributed by atoms with van der Waals surface area (Å²) in [4.78, 5) is 13.9. The third-order valence-electron chi connectivity index (χ3n) is 3.17. The molecule has 1 aliphatic rings. The number of ether oxygens (including phenoxy) is 2. The Bertz CT molecular complexity index is 503. The number of carbonyl (C=O) groups excluding carboxylic acids is 1.